The quantitative estimate of drug-likeness (QED) is 0.591. The van der Waals surface area contributed by atoms with Crippen molar-refractivity contribution in [1.29, 1.82) is 5.26 Å². The van der Waals surface area contributed by atoms with Gasteiger partial charge < -0.3 is 15.3 Å². The number of nitriles is 1. The summed E-state index contributed by atoms with van der Waals surface area (Å²) in [5, 5.41) is 44.1. The number of non-ortho nitro benzene ring substituents is 1. The third kappa shape index (κ3) is 3.99. The van der Waals surface area contributed by atoms with Crippen LogP contribution in [-0.4, -0.2) is 34.1 Å². The van der Waals surface area contributed by atoms with Gasteiger partial charge in [-0.1, -0.05) is 0 Å². The van der Waals surface area contributed by atoms with Crippen LogP contribution >= 0.6 is 0 Å². The summed E-state index contributed by atoms with van der Waals surface area (Å²) in [5.41, 5.74) is 0.867. The number of benzene rings is 2. The van der Waals surface area contributed by atoms with Crippen LogP contribution in [0, 0.1) is 31.6 Å². The molecule has 0 spiro atoms. The van der Waals surface area contributed by atoms with Crippen molar-refractivity contribution in [2.45, 2.75) is 18.9 Å². The fourth-order valence-corrected chi connectivity index (χ4v) is 3.13. The minimum Gasteiger partial charge on any atom is -0.393 e. The lowest BCUT2D eigenvalue weighted by atomic mass is 10.0. The molecule has 0 saturated carbocycles. The van der Waals surface area contributed by atoms with E-state index in [-0.39, 0.29) is 17.5 Å². The summed E-state index contributed by atoms with van der Waals surface area (Å²) in [5.74, 6) is 0. The van der Waals surface area contributed by atoms with Crippen molar-refractivity contribution in [1.82, 2.24) is 0 Å². The van der Waals surface area contributed by atoms with Gasteiger partial charge in [0.25, 0.3) is 11.4 Å². The molecule has 2 aromatic carbocycles. The number of nitro benzene ring substituents is 2. The van der Waals surface area contributed by atoms with E-state index in [2.05, 4.69) is 11.4 Å². The van der Waals surface area contributed by atoms with Gasteiger partial charge in [-0.15, -0.1) is 0 Å². The Bertz CT molecular complexity index is 963. The van der Waals surface area contributed by atoms with Crippen molar-refractivity contribution in [2.75, 3.05) is 23.3 Å². The van der Waals surface area contributed by atoms with E-state index < -0.39 is 15.5 Å². The van der Waals surface area contributed by atoms with Gasteiger partial charge >= 0.3 is 0 Å². The first-order chi connectivity index (χ1) is 13.4. The Morgan fingerprint density at radius 1 is 1.11 bits per heavy atom. The van der Waals surface area contributed by atoms with Gasteiger partial charge in [0.1, 0.15) is 11.8 Å². The second kappa shape index (κ2) is 7.89. The molecule has 0 aromatic heterocycles. The molecule has 0 radical (unpaired) electrons. The zero-order valence-corrected chi connectivity index (χ0v) is 14.7. The molecule has 10 nitrogen and oxygen atoms in total. The highest BCUT2D eigenvalue weighted by molar-refractivity contribution is 5.74. The van der Waals surface area contributed by atoms with Gasteiger partial charge in [-0.3, -0.25) is 20.2 Å². The SMILES string of the molecule is N#Cc1cc(Nc2ccc([N+](=O)[O-])cc2[N+](=O)[O-])ccc1N1CCC(O)CC1. The number of nitrogens with one attached hydrogen (secondary N) is 1. The molecular weight excluding hydrogens is 366 g/mol. The van der Waals surface area contributed by atoms with Gasteiger partial charge in [-0.25, -0.2) is 0 Å². The summed E-state index contributed by atoms with van der Waals surface area (Å²) < 4.78 is 0. The molecule has 0 aliphatic carbocycles. The Kier molecular flexibility index (Phi) is 5.37. The van der Waals surface area contributed by atoms with Crippen molar-refractivity contribution >= 4 is 28.4 Å². The summed E-state index contributed by atoms with van der Waals surface area (Å²) >= 11 is 0. The van der Waals surface area contributed by atoms with Crippen LogP contribution in [0.4, 0.5) is 28.4 Å². The molecule has 1 fully saturated rings. The van der Waals surface area contributed by atoms with Crippen LogP contribution < -0.4 is 10.2 Å². The van der Waals surface area contributed by atoms with Crippen LogP contribution in [-0.2, 0) is 0 Å². The summed E-state index contributed by atoms with van der Waals surface area (Å²) in [6, 6.07) is 10.5. The molecule has 0 atom stereocenters. The molecule has 1 aliphatic heterocycles. The Balaban J connectivity index is 1.88. The van der Waals surface area contributed by atoms with Crippen molar-refractivity contribution < 1.29 is 15.0 Å². The first-order valence-corrected chi connectivity index (χ1v) is 8.56. The molecule has 3 rings (SSSR count). The molecule has 0 bridgehead atoms. The molecule has 144 valence electrons. The number of rotatable bonds is 5. The number of aliphatic hydroxyl groups is 1. The first kappa shape index (κ1) is 19.1. The van der Waals surface area contributed by atoms with Crippen LogP contribution in [0.25, 0.3) is 0 Å². The summed E-state index contributed by atoms with van der Waals surface area (Å²) in [4.78, 5) is 22.7. The smallest absolute Gasteiger partial charge is 0.299 e. The molecule has 1 saturated heterocycles. The van der Waals surface area contributed by atoms with E-state index in [9.17, 15) is 30.6 Å². The predicted octanol–water partition coefficient (Wildman–Crippen LogP) is 3.08. The third-order valence-electron chi connectivity index (χ3n) is 4.59. The van der Waals surface area contributed by atoms with Crippen LogP contribution in [0.5, 0.6) is 0 Å². The lowest BCUT2D eigenvalue weighted by Crippen LogP contribution is -2.36. The number of hydrogen-bond acceptors (Lipinski definition) is 8. The van der Waals surface area contributed by atoms with Gasteiger partial charge in [-0.2, -0.15) is 5.26 Å². The van der Waals surface area contributed by atoms with Gasteiger partial charge in [0.15, 0.2) is 0 Å². The second-order valence-electron chi connectivity index (χ2n) is 6.40. The maximum atomic E-state index is 11.3. The van der Waals surface area contributed by atoms with Crippen LogP contribution in [0.3, 0.4) is 0 Å². The standard InChI is InChI=1S/C18H17N5O5/c19-11-12-9-13(1-4-17(12)21-7-5-15(24)6-8-21)20-16-3-2-14(22(25)26)10-18(16)23(27)28/h1-4,9-10,15,20,24H,5-8H2. The van der Waals surface area contributed by atoms with Crippen molar-refractivity contribution in [3.8, 4) is 6.07 Å². The molecule has 0 amide bonds. The van der Waals surface area contributed by atoms with E-state index in [0.717, 1.165) is 11.8 Å². The number of hydrogen-bond donors (Lipinski definition) is 2. The first-order valence-electron chi connectivity index (χ1n) is 8.56. The highest BCUT2D eigenvalue weighted by Gasteiger charge is 2.22. The van der Waals surface area contributed by atoms with Gasteiger partial charge in [0.05, 0.1) is 33.3 Å². The number of aliphatic hydroxyl groups excluding tert-OH is 1. The monoisotopic (exact) mass is 383 g/mol. The molecular formula is C18H17N5O5. The molecule has 10 heteroatoms. The fraction of sp³-hybridized carbons (Fsp3) is 0.278. The van der Waals surface area contributed by atoms with E-state index in [1.807, 2.05) is 4.90 Å². The topological polar surface area (TPSA) is 146 Å². The van der Waals surface area contributed by atoms with Gasteiger partial charge in [0.2, 0.25) is 0 Å². The average Bonchev–Trinajstić information content (AvgIpc) is 2.68. The van der Waals surface area contributed by atoms with Gasteiger partial charge in [0, 0.05) is 24.8 Å². The Morgan fingerprint density at radius 2 is 1.82 bits per heavy atom. The lowest BCUT2D eigenvalue weighted by molar-refractivity contribution is -0.393. The highest BCUT2D eigenvalue weighted by atomic mass is 16.6. The Hall–Kier alpha value is -3.71. The minimum absolute atomic E-state index is 0.0911. The van der Waals surface area contributed by atoms with E-state index in [4.69, 9.17) is 0 Å². The number of anilines is 3. The summed E-state index contributed by atoms with van der Waals surface area (Å²) in [6.45, 7) is 1.27. The van der Waals surface area contributed by atoms with Gasteiger partial charge in [-0.05, 0) is 37.1 Å². The second-order valence-corrected chi connectivity index (χ2v) is 6.40. The van der Waals surface area contributed by atoms with Crippen LogP contribution in [0.15, 0.2) is 36.4 Å². The maximum Gasteiger partial charge on any atom is 0.299 e. The molecule has 1 aliphatic rings. The molecule has 28 heavy (non-hydrogen) atoms. The minimum atomic E-state index is -0.700. The highest BCUT2D eigenvalue weighted by Crippen LogP contribution is 2.33. The predicted molar refractivity (Wildman–Crippen MR) is 102 cm³/mol. The Labute approximate surface area is 159 Å². The van der Waals surface area contributed by atoms with E-state index >= 15 is 0 Å². The van der Waals surface area contributed by atoms with Crippen LogP contribution in [0.2, 0.25) is 0 Å². The van der Waals surface area contributed by atoms with Crippen LogP contribution in [0.1, 0.15) is 18.4 Å². The average molecular weight is 383 g/mol. The molecule has 1 heterocycles. The van der Waals surface area contributed by atoms with Crippen molar-refractivity contribution in [3.05, 3.63) is 62.2 Å². The normalized spacial score (nSPS) is 14.4. The van der Waals surface area contributed by atoms with Crippen molar-refractivity contribution in [3.63, 3.8) is 0 Å². The maximum absolute atomic E-state index is 11.3. The zero-order valence-electron chi connectivity index (χ0n) is 14.7. The number of nitrogens with zero attached hydrogens (tertiary/aromatic N) is 4. The fourth-order valence-electron chi connectivity index (χ4n) is 3.13. The number of nitro groups is 2. The Morgan fingerprint density at radius 3 is 2.43 bits per heavy atom. The zero-order chi connectivity index (χ0) is 20.3. The molecule has 2 aromatic rings. The van der Waals surface area contributed by atoms with E-state index in [1.54, 1.807) is 18.2 Å². The summed E-state index contributed by atoms with van der Waals surface area (Å²) in [6.07, 6.45) is 0.921. The van der Waals surface area contributed by atoms with E-state index in [1.165, 1.54) is 12.1 Å². The largest absolute Gasteiger partial charge is 0.393 e. The third-order valence-corrected chi connectivity index (χ3v) is 4.59. The molecule has 2 N–H and O–H groups in total. The lowest BCUT2D eigenvalue weighted by Gasteiger charge is -2.32. The van der Waals surface area contributed by atoms with Crippen molar-refractivity contribution in [2.24, 2.45) is 0 Å². The van der Waals surface area contributed by atoms with E-state index in [0.29, 0.717) is 37.2 Å². The number of piperidine rings is 1. The molecule has 0 unspecified atom stereocenters. The summed E-state index contributed by atoms with van der Waals surface area (Å²) in [7, 11) is 0.